The Morgan fingerprint density at radius 2 is 2.12 bits per heavy atom. The van der Waals surface area contributed by atoms with Crippen LogP contribution in [0.1, 0.15) is 23.7 Å². The molecule has 1 aliphatic heterocycles. The van der Waals surface area contributed by atoms with E-state index in [9.17, 15) is 9.59 Å². The predicted octanol–water partition coefficient (Wildman–Crippen LogP) is 1.79. The first-order chi connectivity index (χ1) is 11.7. The Hall–Kier alpha value is -2.83. The molecule has 0 fully saturated rings. The lowest BCUT2D eigenvalue weighted by Crippen LogP contribution is -2.58. The molecule has 7 heteroatoms. The number of fused-ring (bicyclic) bond motifs is 1. The average molecular weight is 342 g/mol. The molecule has 7 nitrogen and oxygen atoms in total. The zero-order chi connectivity index (χ0) is 18.4. The molecule has 1 aromatic carbocycles. The van der Waals surface area contributed by atoms with Gasteiger partial charge in [0.2, 0.25) is 0 Å². The van der Waals surface area contributed by atoms with Crippen LogP contribution in [0.5, 0.6) is 5.75 Å². The molecule has 0 bridgehead atoms. The molecular weight excluding hydrogens is 320 g/mol. The summed E-state index contributed by atoms with van der Waals surface area (Å²) in [4.78, 5) is 27.0. The first-order valence-corrected chi connectivity index (χ1v) is 8.06. The lowest BCUT2D eigenvalue weighted by Gasteiger charge is -2.36. The molecule has 2 heterocycles. The summed E-state index contributed by atoms with van der Waals surface area (Å²) in [6, 6.07) is 5.46. The second-order valence-electron chi connectivity index (χ2n) is 6.66. The molecule has 3 rings (SSSR count). The van der Waals surface area contributed by atoms with Gasteiger partial charge in [0.25, 0.3) is 17.4 Å². The minimum absolute atomic E-state index is 0.353. The average Bonchev–Trinajstić information content (AvgIpc) is 2.85. The van der Waals surface area contributed by atoms with Crippen molar-refractivity contribution in [3.8, 4) is 5.75 Å². The van der Waals surface area contributed by atoms with Gasteiger partial charge in [0, 0.05) is 32.4 Å². The summed E-state index contributed by atoms with van der Waals surface area (Å²) in [5.41, 5.74) is 1.76. The lowest BCUT2D eigenvalue weighted by atomic mass is 10.00. The normalized spacial score (nSPS) is 19.0. The standard InChI is InChI=1S/C18H22N4O3/c1-11-6-7-15-14(8-11)19-16(23)18(3,25-15)17(24)21(4)9-13-10-22(5)20-12(13)2/h6-8,10H,9H2,1-5H3,(H,19,23). The van der Waals surface area contributed by atoms with Crippen molar-refractivity contribution in [1.29, 1.82) is 0 Å². The summed E-state index contributed by atoms with van der Waals surface area (Å²) in [7, 11) is 3.48. The van der Waals surface area contributed by atoms with Gasteiger partial charge in [-0.1, -0.05) is 6.07 Å². The van der Waals surface area contributed by atoms with Crippen molar-refractivity contribution in [3.05, 3.63) is 41.2 Å². The van der Waals surface area contributed by atoms with E-state index in [2.05, 4.69) is 10.4 Å². The second kappa shape index (κ2) is 5.91. The van der Waals surface area contributed by atoms with E-state index in [-0.39, 0.29) is 0 Å². The molecule has 1 atom stereocenters. The molecule has 1 aromatic heterocycles. The highest BCUT2D eigenvalue weighted by atomic mass is 16.5. The van der Waals surface area contributed by atoms with Crippen molar-refractivity contribution in [2.24, 2.45) is 7.05 Å². The third-order valence-corrected chi connectivity index (χ3v) is 4.41. The Labute approximate surface area is 146 Å². The van der Waals surface area contributed by atoms with Crippen LogP contribution < -0.4 is 10.1 Å². The van der Waals surface area contributed by atoms with Gasteiger partial charge in [-0.2, -0.15) is 5.10 Å². The number of carbonyl (C=O) groups excluding carboxylic acids is 2. The SMILES string of the molecule is Cc1ccc2c(c1)NC(=O)C(C)(C(=O)N(C)Cc1cn(C)nc1C)O2. The molecule has 132 valence electrons. The summed E-state index contributed by atoms with van der Waals surface area (Å²) < 4.78 is 7.52. The van der Waals surface area contributed by atoms with E-state index in [1.807, 2.05) is 39.2 Å². The van der Waals surface area contributed by atoms with Crippen LogP contribution >= 0.6 is 0 Å². The van der Waals surface area contributed by atoms with Gasteiger partial charge in [-0.3, -0.25) is 14.3 Å². The quantitative estimate of drug-likeness (QED) is 0.863. The van der Waals surface area contributed by atoms with Crippen LogP contribution in [0, 0.1) is 13.8 Å². The van der Waals surface area contributed by atoms with Gasteiger partial charge < -0.3 is 15.0 Å². The van der Waals surface area contributed by atoms with E-state index in [0.717, 1.165) is 16.8 Å². The number of likely N-dealkylation sites (N-methyl/N-ethyl adjacent to an activating group) is 1. The number of ether oxygens (including phenoxy) is 1. The van der Waals surface area contributed by atoms with Gasteiger partial charge in [-0.25, -0.2) is 0 Å². The van der Waals surface area contributed by atoms with Crippen molar-refractivity contribution < 1.29 is 14.3 Å². The van der Waals surface area contributed by atoms with Crippen LogP contribution in [0.4, 0.5) is 5.69 Å². The van der Waals surface area contributed by atoms with Gasteiger partial charge in [0.1, 0.15) is 5.75 Å². The molecule has 0 saturated heterocycles. The fourth-order valence-electron chi connectivity index (χ4n) is 2.97. The summed E-state index contributed by atoms with van der Waals surface area (Å²) >= 11 is 0. The minimum atomic E-state index is -1.60. The number of hydrogen-bond acceptors (Lipinski definition) is 4. The van der Waals surface area contributed by atoms with Gasteiger partial charge >= 0.3 is 0 Å². The third kappa shape index (κ3) is 2.97. The number of anilines is 1. The number of aromatic nitrogens is 2. The maximum Gasteiger partial charge on any atom is 0.278 e. The largest absolute Gasteiger partial charge is 0.466 e. The number of aryl methyl sites for hydroxylation is 3. The number of rotatable bonds is 3. The predicted molar refractivity (Wildman–Crippen MR) is 93.3 cm³/mol. The molecule has 0 aliphatic carbocycles. The molecule has 2 amide bonds. The fraction of sp³-hybridized carbons (Fsp3) is 0.389. The van der Waals surface area contributed by atoms with Crippen LogP contribution in [0.3, 0.4) is 0 Å². The number of benzene rings is 1. The first kappa shape index (κ1) is 17.0. The van der Waals surface area contributed by atoms with E-state index >= 15 is 0 Å². The maximum atomic E-state index is 12.9. The van der Waals surface area contributed by atoms with E-state index in [4.69, 9.17) is 4.74 Å². The molecular formula is C18H22N4O3. The highest BCUT2D eigenvalue weighted by Gasteiger charge is 2.48. The third-order valence-electron chi connectivity index (χ3n) is 4.41. The molecule has 1 unspecified atom stereocenters. The van der Waals surface area contributed by atoms with Crippen LogP contribution in [0.2, 0.25) is 0 Å². The van der Waals surface area contributed by atoms with E-state index in [0.29, 0.717) is 18.0 Å². The molecule has 25 heavy (non-hydrogen) atoms. The lowest BCUT2D eigenvalue weighted by molar-refractivity contribution is -0.154. The van der Waals surface area contributed by atoms with Gasteiger partial charge in [-0.05, 0) is 38.5 Å². The smallest absolute Gasteiger partial charge is 0.278 e. The van der Waals surface area contributed by atoms with Crippen molar-refractivity contribution in [2.75, 3.05) is 12.4 Å². The summed E-state index contributed by atoms with van der Waals surface area (Å²) in [5.74, 6) is -0.378. The van der Waals surface area contributed by atoms with Crippen molar-refractivity contribution in [2.45, 2.75) is 32.9 Å². The molecule has 0 saturated carbocycles. The van der Waals surface area contributed by atoms with Crippen LogP contribution in [-0.2, 0) is 23.2 Å². The summed E-state index contributed by atoms with van der Waals surface area (Å²) in [6.07, 6.45) is 1.86. The first-order valence-electron chi connectivity index (χ1n) is 8.06. The monoisotopic (exact) mass is 342 g/mol. The number of nitrogens with zero attached hydrogens (tertiary/aromatic N) is 3. The van der Waals surface area contributed by atoms with Gasteiger partial charge in [0.15, 0.2) is 0 Å². The molecule has 0 radical (unpaired) electrons. The Kier molecular flexibility index (Phi) is 4.02. The summed E-state index contributed by atoms with van der Waals surface area (Å²) in [5, 5.41) is 7.05. The van der Waals surface area contributed by atoms with E-state index < -0.39 is 17.4 Å². The number of nitrogens with one attached hydrogen (secondary N) is 1. The molecule has 1 N–H and O–H groups in total. The van der Waals surface area contributed by atoms with Crippen molar-refractivity contribution >= 4 is 17.5 Å². The van der Waals surface area contributed by atoms with Crippen LogP contribution in [0.15, 0.2) is 24.4 Å². The Morgan fingerprint density at radius 3 is 2.76 bits per heavy atom. The zero-order valence-corrected chi connectivity index (χ0v) is 15.1. The van der Waals surface area contributed by atoms with Crippen LogP contribution in [-0.4, -0.2) is 39.1 Å². The topological polar surface area (TPSA) is 76.5 Å². The highest BCUT2D eigenvalue weighted by molar-refractivity contribution is 6.15. The number of hydrogen-bond donors (Lipinski definition) is 1. The van der Waals surface area contributed by atoms with Crippen LogP contribution in [0.25, 0.3) is 0 Å². The molecule has 2 aromatic rings. The maximum absolute atomic E-state index is 12.9. The number of amides is 2. The molecule has 1 aliphatic rings. The highest BCUT2D eigenvalue weighted by Crippen LogP contribution is 2.35. The second-order valence-corrected chi connectivity index (χ2v) is 6.66. The van der Waals surface area contributed by atoms with Gasteiger partial charge in [-0.15, -0.1) is 0 Å². The Bertz CT molecular complexity index is 858. The van der Waals surface area contributed by atoms with Gasteiger partial charge in [0.05, 0.1) is 11.4 Å². The fourth-order valence-corrected chi connectivity index (χ4v) is 2.97. The Morgan fingerprint density at radius 1 is 1.40 bits per heavy atom. The van der Waals surface area contributed by atoms with Crippen molar-refractivity contribution in [1.82, 2.24) is 14.7 Å². The number of carbonyl (C=O) groups is 2. The van der Waals surface area contributed by atoms with E-state index in [1.165, 1.54) is 11.8 Å². The Balaban J connectivity index is 1.84. The van der Waals surface area contributed by atoms with E-state index in [1.54, 1.807) is 17.8 Å². The molecule has 0 spiro atoms. The minimum Gasteiger partial charge on any atom is -0.466 e. The zero-order valence-electron chi connectivity index (χ0n) is 15.1. The van der Waals surface area contributed by atoms with Crippen molar-refractivity contribution in [3.63, 3.8) is 0 Å². The summed E-state index contributed by atoms with van der Waals surface area (Å²) in [6.45, 7) is 5.67.